The molecule has 1 aliphatic carbocycles. The molecule has 1 N–H and O–H groups in total. The fraction of sp³-hybridized carbons (Fsp3) is 1.00. The van der Waals surface area contributed by atoms with Crippen LogP contribution in [0.1, 0.15) is 59.3 Å². The van der Waals surface area contributed by atoms with E-state index in [0.717, 1.165) is 25.7 Å². The van der Waals surface area contributed by atoms with Crippen LogP contribution in [0.15, 0.2) is 0 Å². The average molecular weight is 294 g/mol. The van der Waals surface area contributed by atoms with Crippen LogP contribution in [0.2, 0.25) is 0 Å². The third-order valence-electron chi connectivity index (χ3n) is 5.97. The molecule has 0 radical (unpaired) electrons. The van der Waals surface area contributed by atoms with Crippen molar-refractivity contribution in [2.45, 2.75) is 77.4 Å². The summed E-state index contributed by atoms with van der Waals surface area (Å²) in [6, 6.07) is 2.01. The van der Waals surface area contributed by atoms with Crippen LogP contribution in [-0.4, -0.2) is 49.3 Å². The van der Waals surface area contributed by atoms with Gasteiger partial charge in [0.1, 0.15) is 0 Å². The van der Waals surface area contributed by atoms with Crippen LogP contribution in [0.5, 0.6) is 0 Å². The number of hydrogen-bond donors (Lipinski definition) is 1. The quantitative estimate of drug-likeness (QED) is 0.847. The Morgan fingerprint density at radius 2 is 1.81 bits per heavy atom. The van der Waals surface area contributed by atoms with Gasteiger partial charge >= 0.3 is 0 Å². The molecule has 3 rings (SSSR count). The lowest BCUT2D eigenvalue weighted by atomic mass is 9.79. The standard InChI is InChI=1S/C18H34N2O/c1-18(2,3)17-11-19-16(14-7-5-4-6-8-14)12-20(17)15-9-10-21-13-15/h14-17,19H,4-13H2,1-3H3. The minimum atomic E-state index is 0.340. The molecule has 2 heterocycles. The number of hydrogen-bond acceptors (Lipinski definition) is 3. The zero-order chi connectivity index (χ0) is 14.9. The van der Waals surface area contributed by atoms with Gasteiger partial charge in [-0.25, -0.2) is 0 Å². The highest BCUT2D eigenvalue weighted by Gasteiger charge is 2.41. The molecule has 1 saturated carbocycles. The number of nitrogens with one attached hydrogen (secondary N) is 1. The molecule has 2 aliphatic heterocycles. The summed E-state index contributed by atoms with van der Waals surface area (Å²) in [5.74, 6) is 0.907. The maximum atomic E-state index is 5.69. The van der Waals surface area contributed by atoms with E-state index >= 15 is 0 Å². The van der Waals surface area contributed by atoms with Crippen molar-refractivity contribution < 1.29 is 4.74 Å². The summed E-state index contributed by atoms with van der Waals surface area (Å²) in [5, 5.41) is 3.92. The Bertz CT molecular complexity index is 327. The molecule has 0 aromatic heterocycles. The Hall–Kier alpha value is -0.120. The van der Waals surface area contributed by atoms with Gasteiger partial charge < -0.3 is 10.1 Å². The van der Waals surface area contributed by atoms with E-state index in [-0.39, 0.29) is 0 Å². The minimum absolute atomic E-state index is 0.340. The Balaban J connectivity index is 1.69. The van der Waals surface area contributed by atoms with Crippen molar-refractivity contribution in [3.8, 4) is 0 Å². The lowest BCUT2D eigenvalue weighted by Gasteiger charge is -2.50. The van der Waals surface area contributed by atoms with Gasteiger partial charge in [0.15, 0.2) is 0 Å². The van der Waals surface area contributed by atoms with Crippen molar-refractivity contribution in [2.24, 2.45) is 11.3 Å². The summed E-state index contributed by atoms with van der Waals surface area (Å²) in [4.78, 5) is 2.81. The van der Waals surface area contributed by atoms with Crippen LogP contribution in [0, 0.1) is 11.3 Å². The van der Waals surface area contributed by atoms with Crippen LogP contribution >= 0.6 is 0 Å². The first-order chi connectivity index (χ1) is 10.1. The monoisotopic (exact) mass is 294 g/mol. The summed E-state index contributed by atoms with van der Waals surface area (Å²) < 4.78 is 5.69. The lowest BCUT2D eigenvalue weighted by molar-refractivity contribution is 0.00302. The van der Waals surface area contributed by atoms with Crippen LogP contribution in [0.3, 0.4) is 0 Å². The molecule has 0 bridgehead atoms. The van der Waals surface area contributed by atoms with E-state index < -0.39 is 0 Å². The zero-order valence-corrected chi connectivity index (χ0v) is 14.2. The van der Waals surface area contributed by atoms with Gasteiger partial charge in [-0.3, -0.25) is 4.90 Å². The maximum absolute atomic E-state index is 5.69. The van der Waals surface area contributed by atoms with Gasteiger partial charge in [0, 0.05) is 37.8 Å². The van der Waals surface area contributed by atoms with Gasteiger partial charge in [0.05, 0.1) is 6.61 Å². The van der Waals surface area contributed by atoms with Gasteiger partial charge in [-0.15, -0.1) is 0 Å². The van der Waals surface area contributed by atoms with Crippen LogP contribution < -0.4 is 5.32 Å². The Morgan fingerprint density at radius 3 is 2.43 bits per heavy atom. The molecule has 2 saturated heterocycles. The zero-order valence-electron chi connectivity index (χ0n) is 14.2. The van der Waals surface area contributed by atoms with Crippen molar-refractivity contribution in [2.75, 3.05) is 26.3 Å². The molecule has 21 heavy (non-hydrogen) atoms. The molecule has 0 amide bonds. The second-order valence-corrected chi connectivity index (χ2v) is 8.51. The van der Waals surface area contributed by atoms with Crippen LogP contribution in [0.25, 0.3) is 0 Å². The summed E-state index contributed by atoms with van der Waals surface area (Å²) in [6.07, 6.45) is 8.44. The van der Waals surface area contributed by atoms with Crippen molar-refractivity contribution in [1.82, 2.24) is 10.2 Å². The molecule has 3 aliphatic rings. The molecule has 0 spiro atoms. The summed E-state index contributed by atoms with van der Waals surface area (Å²) in [6.45, 7) is 11.5. The third-order valence-corrected chi connectivity index (χ3v) is 5.97. The normalized spacial score (nSPS) is 37.0. The van der Waals surface area contributed by atoms with E-state index in [2.05, 4.69) is 31.0 Å². The van der Waals surface area contributed by atoms with E-state index in [0.29, 0.717) is 23.5 Å². The molecule has 3 fully saturated rings. The lowest BCUT2D eigenvalue weighted by Crippen LogP contribution is -2.64. The van der Waals surface area contributed by atoms with E-state index in [1.807, 2.05) is 0 Å². The summed E-state index contributed by atoms with van der Waals surface area (Å²) >= 11 is 0. The molecule has 3 heteroatoms. The Labute approximate surface area is 130 Å². The van der Waals surface area contributed by atoms with Gasteiger partial charge in [-0.05, 0) is 30.6 Å². The second-order valence-electron chi connectivity index (χ2n) is 8.51. The predicted molar refractivity (Wildman–Crippen MR) is 87.5 cm³/mol. The first-order valence-corrected chi connectivity index (χ1v) is 9.12. The predicted octanol–water partition coefficient (Wildman–Crippen LogP) is 3.04. The molecule has 3 atom stereocenters. The highest BCUT2D eigenvalue weighted by Crippen LogP contribution is 2.34. The van der Waals surface area contributed by atoms with Crippen LogP contribution in [-0.2, 0) is 4.74 Å². The van der Waals surface area contributed by atoms with Crippen molar-refractivity contribution in [3.05, 3.63) is 0 Å². The molecular weight excluding hydrogens is 260 g/mol. The van der Waals surface area contributed by atoms with Crippen molar-refractivity contribution in [1.29, 1.82) is 0 Å². The van der Waals surface area contributed by atoms with E-state index in [4.69, 9.17) is 4.74 Å². The third kappa shape index (κ3) is 3.62. The first-order valence-electron chi connectivity index (χ1n) is 9.12. The van der Waals surface area contributed by atoms with Gasteiger partial charge in [0.25, 0.3) is 0 Å². The van der Waals surface area contributed by atoms with Crippen LogP contribution in [0.4, 0.5) is 0 Å². The second kappa shape index (κ2) is 6.55. The molecule has 0 aromatic rings. The van der Waals surface area contributed by atoms with E-state index in [1.54, 1.807) is 0 Å². The Kier molecular flexibility index (Phi) is 4.92. The topological polar surface area (TPSA) is 24.5 Å². The fourth-order valence-electron chi connectivity index (χ4n) is 4.64. The maximum Gasteiger partial charge on any atom is 0.0622 e. The highest BCUT2D eigenvalue weighted by molar-refractivity contribution is 4.98. The van der Waals surface area contributed by atoms with Gasteiger partial charge in [-0.1, -0.05) is 40.0 Å². The number of ether oxygens (including phenoxy) is 1. The molecule has 3 nitrogen and oxygen atoms in total. The number of nitrogens with zero attached hydrogens (tertiary/aromatic N) is 1. The fourth-order valence-corrected chi connectivity index (χ4v) is 4.64. The van der Waals surface area contributed by atoms with Gasteiger partial charge in [-0.2, -0.15) is 0 Å². The highest BCUT2D eigenvalue weighted by atomic mass is 16.5. The molecule has 122 valence electrons. The number of rotatable bonds is 2. The van der Waals surface area contributed by atoms with Gasteiger partial charge in [0.2, 0.25) is 0 Å². The molecule has 3 unspecified atom stereocenters. The molecule has 0 aromatic carbocycles. The van der Waals surface area contributed by atoms with Crippen molar-refractivity contribution >= 4 is 0 Å². The first kappa shape index (κ1) is 15.8. The summed E-state index contributed by atoms with van der Waals surface area (Å²) in [5.41, 5.74) is 0.340. The Morgan fingerprint density at radius 1 is 1.05 bits per heavy atom. The molecular formula is C18H34N2O. The number of piperazine rings is 1. The van der Waals surface area contributed by atoms with E-state index in [9.17, 15) is 0 Å². The summed E-state index contributed by atoms with van der Waals surface area (Å²) in [7, 11) is 0. The largest absolute Gasteiger partial charge is 0.380 e. The average Bonchev–Trinajstić information content (AvgIpc) is 3.01. The smallest absolute Gasteiger partial charge is 0.0622 e. The van der Waals surface area contributed by atoms with E-state index in [1.165, 1.54) is 45.1 Å². The van der Waals surface area contributed by atoms with Crippen molar-refractivity contribution in [3.63, 3.8) is 0 Å². The minimum Gasteiger partial charge on any atom is -0.380 e. The SMILES string of the molecule is CC(C)(C)C1CNC(C2CCCCC2)CN1C1CCOC1.